The highest BCUT2D eigenvalue weighted by molar-refractivity contribution is 6.00. The Morgan fingerprint density at radius 2 is 2.12 bits per heavy atom. The molecule has 1 heterocycles. The second-order valence-electron chi connectivity index (χ2n) is 5.87. The van der Waals surface area contributed by atoms with Crippen LogP contribution in [0.25, 0.3) is 0 Å². The lowest BCUT2D eigenvalue weighted by molar-refractivity contribution is -0.142. The maximum Gasteiger partial charge on any atom is 0.326 e. The topological polar surface area (TPSA) is 95.9 Å². The number of hydrogen-bond donors (Lipinski definition) is 2. The summed E-state index contributed by atoms with van der Waals surface area (Å²) >= 11 is 0. The van der Waals surface area contributed by atoms with Crippen molar-refractivity contribution in [2.75, 3.05) is 18.6 Å². The van der Waals surface area contributed by atoms with E-state index in [4.69, 9.17) is 4.74 Å². The van der Waals surface area contributed by atoms with Gasteiger partial charge in [-0.2, -0.15) is 0 Å². The molecule has 7 heteroatoms. The fourth-order valence-electron chi connectivity index (χ4n) is 2.73. The van der Waals surface area contributed by atoms with E-state index in [1.165, 1.54) is 4.90 Å². The Morgan fingerprint density at radius 1 is 1.44 bits per heavy atom. The minimum absolute atomic E-state index is 0.0612. The van der Waals surface area contributed by atoms with E-state index in [1.807, 2.05) is 0 Å². The number of allylic oxidation sites excluding steroid dienone is 1. The molecular formula is C18H22N2O5. The van der Waals surface area contributed by atoms with Crippen LogP contribution < -0.4 is 15.0 Å². The van der Waals surface area contributed by atoms with E-state index in [9.17, 15) is 19.5 Å². The standard InChI is InChI=1S/C18H22N2O5/c1-3-4-5-15(18(23)24)19-17(22)12-10-16(21)20(11-12)13-6-8-14(25-2)9-7-13/h3,6-9,12,15H,1,4-5,10-11H2,2H3,(H,19,22)(H,23,24). The number of carbonyl (C=O) groups is 3. The van der Waals surface area contributed by atoms with E-state index >= 15 is 0 Å². The van der Waals surface area contributed by atoms with Gasteiger partial charge in [0.2, 0.25) is 11.8 Å². The van der Waals surface area contributed by atoms with Crippen LogP contribution >= 0.6 is 0 Å². The molecule has 25 heavy (non-hydrogen) atoms. The summed E-state index contributed by atoms with van der Waals surface area (Å²) in [5, 5.41) is 11.7. The maximum atomic E-state index is 12.3. The zero-order valence-electron chi connectivity index (χ0n) is 14.1. The molecule has 2 atom stereocenters. The van der Waals surface area contributed by atoms with Crippen LogP contribution in [0.2, 0.25) is 0 Å². The Morgan fingerprint density at radius 3 is 2.68 bits per heavy atom. The van der Waals surface area contributed by atoms with E-state index in [0.29, 0.717) is 17.9 Å². The first kappa shape index (κ1) is 18.5. The molecule has 2 N–H and O–H groups in total. The van der Waals surface area contributed by atoms with Gasteiger partial charge < -0.3 is 20.1 Å². The molecule has 1 aliphatic heterocycles. The molecule has 2 amide bonds. The third-order valence-electron chi connectivity index (χ3n) is 4.15. The average Bonchev–Trinajstić information content (AvgIpc) is 3.00. The number of rotatable bonds is 8. The Labute approximate surface area is 146 Å². The molecule has 1 fully saturated rings. The highest BCUT2D eigenvalue weighted by atomic mass is 16.5. The van der Waals surface area contributed by atoms with Crippen LogP contribution in [-0.4, -0.2) is 42.6 Å². The molecule has 1 aliphatic rings. The van der Waals surface area contributed by atoms with Crippen molar-refractivity contribution in [3.05, 3.63) is 36.9 Å². The summed E-state index contributed by atoms with van der Waals surface area (Å²) < 4.78 is 5.09. The molecule has 0 bridgehead atoms. The van der Waals surface area contributed by atoms with Crippen LogP contribution in [0.4, 0.5) is 5.69 Å². The molecule has 0 radical (unpaired) electrons. The van der Waals surface area contributed by atoms with Crippen molar-refractivity contribution in [1.29, 1.82) is 0 Å². The van der Waals surface area contributed by atoms with Crippen molar-refractivity contribution in [1.82, 2.24) is 5.32 Å². The number of nitrogens with one attached hydrogen (secondary N) is 1. The summed E-state index contributed by atoms with van der Waals surface area (Å²) in [6.45, 7) is 3.78. The zero-order chi connectivity index (χ0) is 18.4. The van der Waals surface area contributed by atoms with E-state index in [0.717, 1.165) is 0 Å². The fraction of sp³-hybridized carbons (Fsp3) is 0.389. The van der Waals surface area contributed by atoms with E-state index in [2.05, 4.69) is 11.9 Å². The van der Waals surface area contributed by atoms with Gasteiger partial charge in [0.1, 0.15) is 11.8 Å². The Bertz CT molecular complexity index is 656. The SMILES string of the molecule is C=CCCC(NC(=O)C1CC(=O)N(c2ccc(OC)cc2)C1)C(=O)O. The molecule has 0 aliphatic carbocycles. The summed E-state index contributed by atoms with van der Waals surface area (Å²) in [6.07, 6.45) is 2.42. The Balaban J connectivity index is 2.01. The largest absolute Gasteiger partial charge is 0.497 e. The van der Waals surface area contributed by atoms with Crippen molar-refractivity contribution in [2.24, 2.45) is 5.92 Å². The van der Waals surface area contributed by atoms with Crippen LogP contribution in [0.5, 0.6) is 5.75 Å². The maximum absolute atomic E-state index is 12.3. The highest BCUT2D eigenvalue weighted by Gasteiger charge is 2.36. The molecule has 0 saturated carbocycles. The number of ether oxygens (including phenoxy) is 1. The molecule has 0 spiro atoms. The Hall–Kier alpha value is -2.83. The number of anilines is 1. The van der Waals surface area contributed by atoms with Crippen molar-refractivity contribution in [3.8, 4) is 5.75 Å². The number of carbonyl (C=O) groups excluding carboxylic acids is 2. The fourth-order valence-corrected chi connectivity index (χ4v) is 2.73. The van der Waals surface area contributed by atoms with E-state index < -0.39 is 23.8 Å². The lowest BCUT2D eigenvalue weighted by atomic mass is 10.1. The van der Waals surface area contributed by atoms with Crippen molar-refractivity contribution in [2.45, 2.75) is 25.3 Å². The lowest BCUT2D eigenvalue weighted by Gasteiger charge is -2.18. The van der Waals surface area contributed by atoms with Gasteiger partial charge in [0.25, 0.3) is 0 Å². The first-order chi connectivity index (χ1) is 12.0. The summed E-state index contributed by atoms with van der Waals surface area (Å²) in [4.78, 5) is 37.3. The monoisotopic (exact) mass is 346 g/mol. The molecule has 1 aromatic rings. The number of benzene rings is 1. The second kappa shape index (κ2) is 8.32. The average molecular weight is 346 g/mol. The summed E-state index contributed by atoms with van der Waals surface area (Å²) in [5.41, 5.74) is 0.683. The third-order valence-corrected chi connectivity index (χ3v) is 4.15. The van der Waals surface area contributed by atoms with Crippen molar-refractivity contribution >= 4 is 23.5 Å². The lowest BCUT2D eigenvalue weighted by Crippen LogP contribution is -2.44. The normalized spacial score (nSPS) is 17.9. The van der Waals surface area contributed by atoms with Crippen LogP contribution in [0.15, 0.2) is 36.9 Å². The molecular weight excluding hydrogens is 324 g/mol. The smallest absolute Gasteiger partial charge is 0.326 e. The molecule has 1 aromatic carbocycles. The third kappa shape index (κ3) is 4.59. The van der Waals surface area contributed by atoms with Gasteiger partial charge in [-0.3, -0.25) is 9.59 Å². The second-order valence-corrected chi connectivity index (χ2v) is 5.87. The van der Waals surface area contributed by atoms with Crippen LogP contribution in [0.1, 0.15) is 19.3 Å². The van der Waals surface area contributed by atoms with Gasteiger partial charge in [-0.05, 0) is 37.1 Å². The van der Waals surface area contributed by atoms with Crippen LogP contribution in [-0.2, 0) is 14.4 Å². The predicted molar refractivity (Wildman–Crippen MR) is 92.5 cm³/mol. The number of amides is 2. The van der Waals surface area contributed by atoms with Crippen LogP contribution in [0, 0.1) is 5.92 Å². The van der Waals surface area contributed by atoms with Gasteiger partial charge in [-0.15, -0.1) is 6.58 Å². The van der Waals surface area contributed by atoms with Crippen LogP contribution in [0.3, 0.4) is 0 Å². The minimum atomic E-state index is -1.09. The van der Waals surface area contributed by atoms with Gasteiger partial charge in [-0.25, -0.2) is 4.79 Å². The number of carboxylic acids is 1. The predicted octanol–water partition coefficient (Wildman–Crippen LogP) is 1.58. The Kier molecular flexibility index (Phi) is 6.16. The number of methoxy groups -OCH3 is 1. The van der Waals surface area contributed by atoms with Crippen molar-refractivity contribution < 1.29 is 24.2 Å². The molecule has 7 nitrogen and oxygen atoms in total. The van der Waals surface area contributed by atoms with Crippen molar-refractivity contribution in [3.63, 3.8) is 0 Å². The number of carboxylic acid groups (broad SMARTS) is 1. The van der Waals surface area contributed by atoms with E-state index in [-0.39, 0.29) is 25.3 Å². The quantitative estimate of drug-likeness (QED) is 0.697. The minimum Gasteiger partial charge on any atom is -0.497 e. The molecule has 0 aromatic heterocycles. The first-order valence-corrected chi connectivity index (χ1v) is 8.04. The van der Waals surface area contributed by atoms with Gasteiger partial charge in [0, 0.05) is 18.7 Å². The van der Waals surface area contributed by atoms with Gasteiger partial charge in [-0.1, -0.05) is 6.08 Å². The number of nitrogens with zero attached hydrogens (tertiary/aromatic N) is 1. The van der Waals surface area contributed by atoms with Gasteiger partial charge in [0.15, 0.2) is 0 Å². The molecule has 2 unspecified atom stereocenters. The van der Waals surface area contributed by atoms with Gasteiger partial charge in [0.05, 0.1) is 13.0 Å². The summed E-state index contributed by atoms with van der Waals surface area (Å²) in [7, 11) is 1.56. The first-order valence-electron chi connectivity index (χ1n) is 8.04. The highest BCUT2D eigenvalue weighted by Crippen LogP contribution is 2.27. The summed E-state index contributed by atoms with van der Waals surface area (Å²) in [5.74, 6) is -1.56. The van der Waals surface area contributed by atoms with E-state index in [1.54, 1.807) is 37.5 Å². The zero-order valence-corrected chi connectivity index (χ0v) is 14.1. The molecule has 1 saturated heterocycles. The molecule has 134 valence electrons. The number of hydrogen-bond acceptors (Lipinski definition) is 4. The molecule has 2 rings (SSSR count). The van der Waals surface area contributed by atoms with Gasteiger partial charge >= 0.3 is 5.97 Å². The number of aliphatic carboxylic acids is 1. The summed E-state index contributed by atoms with van der Waals surface area (Å²) in [6, 6.07) is 6.01.